The van der Waals surface area contributed by atoms with Crippen molar-refractivity contribution in [2.75, 3.05) is 12.4 Å². The molecule has 116 valence electrons. The van der Waals surface area contributed by atoms with E-state index in [9.17, 15) is 9.59 Å². The van der Waals surface area contributed by atoms with Crippen LogP contribution in [0.2, 0.25) is 5.02 Å². The van der Waals surface area contributed by atoms with E-state index in [1.165, 1.54) is 37.8 Å². The lowest BCUT2D eigenvalue weighted by Gasteiger charge is -2.09. The summed E-state index contributed by atoms with van der Waals surface area (Å²) in [4.78, 5) is 34.8. The van der Waals surface area contributed by atoms with Crippen molar-refractivity contribution in [1.82, 2.24) is 15.0 Å². The molecule has 0 aliphatic carbocycles. The maximum Gasteiger partial charge on any atom is 0.337 e. The van der Waals surface area contributed by atoms with Crippen LogP contribution in [0.4, 0.5) is 5.69 Å². The molecule has 2 heterocycles. The number of carbonyl (C=O) groups is 2. The number of methoxy groups -OCH3 is 1. The zero-order chi connectivity index (χ0) is 16.4. The minimum atomic E-state index is -0.516. The van der Waals surface area contributed by atoms with Gasteiger partial charge < -0.3 is 15.0 Å². The highest BCUT2D eigenvalue weighted by atomic mass is 35.5. The Bertz CT molecular complexity index is 907. The van der Waals surface area contributed by atoms with Crippen LogP contribution < -0.4 is 5.32 Å². The van der Waals surface area contributed by atoms with Crippen molar-refractivity contribution in [1.29, 1.82) is 0 Å². The molecule has 2 N–H and O–H groups in total. The number of H-pyrrole nitrogens is 1. The molecule has 0 aliphatic heterocycles. The second kappa shape index (κ2) is 6.05. The molecule has 0 radical (unpaired) electrons. The molecule has 0 saturated heterocycles. The standard InChI is InChI=1S/C15H11ClN4O3/c1-23-15(22)8-2-3-10(16)11(4-8)20-14(21)9-5-12-13(17-6-9)19-7-18-12/h2-7H,1H3,(H,20,21)(H,17,18,19). The first-order chi connectivity index (χ1) is 11.1. The second-order valence-corrected chi connectivity index (χ2v) is 5.05. The highest BCUT2D eigenvalue weighted by Gasteiger charge is 2.13. The minimum Gasteiger partial charge on any atom is -0.465 e. The molecule has 0 bridgehead atoms. The Labute approximate surface area is 135 Å². The van der Waals surface area contributed by atoms with Crippen molar-refractivity contribution in [3.05, 3.63) is 52.9 Å². The lowest BCUT2D eigenvalue weighted by atomic mass is 10.2. The van der Waals surface area contributed by atoms with Crippen LogP contribution in [0.5, 0.6) is 0 Å². The van der Waals surface area contributed by atoms with Crippen molar-refractivity contribution in [3.63, 3.8) is 0 Å². The van der Waals surface area contributed by atoms with E-state index < -0.39 is 11.9 Å². The highest BCUT2D eigenvalue weighted by Crippen LogP contribution is 2.24. The molecule has 3 rings (SSSR count). The number of aromatic amines is 1. The average molecular weight is 331 g/mol. The Hall–Kier alpha value is -2.93. The molecule has 0 saturated carbocycles. The fourth-order valence-corrected chi connectivity index (χ4v) is 2.18. The van der Waals surface area contributed by atoms with E-state index in [-0.39, 0.29) is 5.56 Å². The van der Waals surface area contributed by atoms with E-state index in [1.807, 2.05) is 0 Å². The predicted octanol–water partition coefficient (Wildman–Crippen LogP) is 2.65. The Morgan fingerprint density at radius 1 is 1.22 bits per heavy atom. The fraction of sp³-hybridized carbons (Fsp3) is 0.0667. The molecule has 0 aliphatic rings. The van der Waals surface area contributed by atoms with Gasteiger partial charge in [0.25, 0.3) is 5.91 Å². The number of aromatic nitrogens is 3. The number of esters is 1. The SMILES string of the molecule is COC(=O)c1ccc(Cl)c(NC(=O)c2cnc3nc[nH]c3c2)c1. The number of amides is 1. The van der Waals surface area contributed by atoms with Gasteiger partial charge in [0.05, 0.1) is 40.8 Å². The molecule has 0 fully saturated rings. The topological polar surface area (TPSA) is 97.0 Å². The van der Waals surface area contributed by atoms with Gasteiger partial charge in [-0.15, -0.1) is 0 Å². The molecule has 23 heavy (non-hydrogen) atoms. The molecule has 7 nitrogen and oxygen atoms in total. The second-order valence-electron chi connectivity index (χ2n) is 4.64. The number of hydrogen-bond donors (Lipinski definition) is 2. The molecule has 0 atom stereocenters. The third-order valence-corrected chi connectivity index (χ3v) is 3.50. The number of benzene rings is 1. The van der Waals surface area contributed by atoms with E-state index in [1.54, 1.807) is 6.07 Å². The van der Waals surface area contributed by atoms with E-state index in [0.717, 1.165) is 0 Å². The van der Waals surface area contributed by atoms with E-state index in [0.29, 0.717) is 27.4 Å². The third-order valence-electron chi connectivity index (χ3n) is 3.17. The van der Waals surface area contributed by atoms with Gasteiger partial charge in [-0.1, -0.05) is 11.6 Å². The Morgan fingerprint density at radius 3 is 2.83 bits per heavy atom. The van der Waals surface area contributed by atoms with Gasteiger partial charge in [0.1, 0.15) is 0 Å². The van der Waals surface area contributed by atoms with Gasteiger partial charge in [0, 0.05) is 6.20 Å². The number of anilines is 1. The third kappa shape index (κ3) is 3.00. The number of imidazole rings is 1. The zero-order valence-corrected chi connectivity index (χ0v) is 12.7. The number of pyridine rings is 1. The monoisotopic (exact) mass is 330 g/mol. The number of ether oxygens (including phenoxy) is 1. The molecule has 1 aromatic carbocycles. The van der Waals surface area contributed by atoms with Crippen molar-refractivity contribution in [3.8, 4) is 0 Å². The number of hydrogen-bond acceptors (Lipinski definition) is 5. The molecule has 1 amide bonds. The molecule has 3 aromatic rings. The van der Waals surface area contributed by atoms with Crippen LogP contribution in [0.15, 0.2) is 36.8 Å². The molecular weight excluding hydrogens is 320 g/mol. The minimum absolute atomic E-state index is 0.286. The van der Waals surface area contributed by atoms with Crippen LogP contribution in [-0.4, -0.2) is 33.9 Å². The summed E-state index contributed by atoms with van der Waals surface area (Å²) in [5.41, 5.74) is 2.10. The summed E-state index contributed by atoms with van der Waals surface area (Å²) >= 11 is 6.05. The first kappa shape index (κ1) is 15.0. The maximum atomic E-state index is 12.3. The number of nitrogens with one attached hydrogen (secondary N) is 2. The quantitative estimate of drug-likeness (QED) is 0.719. The summed E-state index contributed by atoms with van der Waals surface area (Å²) in [7, 11) is 1.28. The van der Waals surface area contributed by atoms with Crippen LogP contribution in [0.1, 0.15) is 20.7 Å². The largest absolute Gasteiger partial charge is 0.465 e. The van der Waals surface area contributed by atoms with E-state index in [2.05, 4.69) is 25.0 Å². The summed E-state index contributed by atoms with van der Waals surface area (Å²) in [5.74, 6) is -0.921. The van der Waals surface area contributed by atoms with Gasteiger partial charge in [-0.3, -0.25) is 4.79 Å². The van der Waals surface area contributed by atoms with Crippen molar-refractivity contribution in [2.45, 2.75) is 0 Å². The lowest BCUT2D eigenvalue weighted by molar-refractivity contribution is 0.0600. The van der Waals surface area contributed by atoms with Crippen LogP contribution in [-0.2, 0) is 4.74 Å². The normalized spacial score (nSPS) is 10.5. The summed E-state index contributed by atoms with van der Waals surface area (Å²) in [6.07, 6.45) is 2.91. The molecule has 2 aromatic heterocycles. The van der Waals surface area contributed by atoms with Gasteiger partial charge >= 0.3 is 5.97 Å². The lowest BCUT2D eigenvalue weighted by Crippen LogP contribution is -2.13. The smallest absolute Gasteiger partial charge is 0.337 e. The Balaban J connectivity index is 1.88. The highest BCUT2D eigenvalue weighted by molar-refractivity contribution is 6.34. The maximum absolute atomic E-state index is 12.3. The number of nitrogens with zero attached hydrogens (tertiary/aromatic N) is 2. The first-order valence-corrected chi connectivity index (χ1v) is 6.94. The fourth-order valence-electron chi connectivity index (χ4n) is 2.01. The molecule has 0 spiro atoms. The number of fused-ring (bicyclic) bond motifs is 1. The molecular formula is C15H11ClN4O3. The van der Waals surface area contributed by atoms with Crippen molar-refractivity contribution >= 4 is 40.3 Å². The Kier molecular flexibility index (Phi) is 3.94. The van der Waals surface area contributed by atoms with Gasteiger partial charge in [-0.2, -0.15) is 0 Å². The first-order valence-electron chi connectivity index (χ1n) is 6.57. The average Bonchev–Trinajstić information content (AvgIpc) is 3.03. The molecule has 8 heteroatoms. The van der Waals surface area contributed by atoms with Gasteiger partial charge in [-0.25, -0.2) is 14.8 Å². The van der Waals surface area contributed by atoms with Crippen LogP contribution in [0.3, 0.4) is 0 Å². The van der Waals surface area contributed by atoms with E-state index >= 15 is 0 Å². The number of rotatable bonds is 3. The van der Waals surface area contributed by atoms with Crippen molar-refractivity contribution < 1.29 is 14.3 Å². The predicted molar refractivity (Wildman–Crippen MR) is 84.6 cm³/mol. The summed E-state index contributed by atoms with van der Waals surface area (Å²) in [6, 6.07) is 6.11. The Morgan fingerprint density at radius 2 is 2.04 bits per heavy atom. The van der Waals surface area contributed by atoms with Crippen LogP contribution in [0, 0.1) is 0 Å². The summed E-state index contributed by atoms with van der Waals surface area (Å²) < 4.78 is 4.64. The van der Waals surface area contributed by atoms with Crippen LogP contribution >= 0.6 is 11.6 Å². The van der Waals surface area contributed by atoms with Gasteiger partial charge in [0.15, 0.2) is 5.65 Å². The number of carbonyl (C=O) groups excluding carboxylic acids is 2. The number of halogens is 1. The molecule has 0 unspecified atom stereocenters. The van der Waals surface area contributed by atoms with Crippen molar-refractivity contribution in [2.24, 2.45) is 0 Å². The van der Waals surface area contributed by atoms with Gasteiger partial charge in [0.2, 0.25) is 0 Å². The van der Waals surface area contributed by atoms with Gasteiger partial charge in [-0.05, 0) is 24.3 Å². The zero-order valence-electron chi connectivity index (χ0n) is 12.0. The van der Waals surface area contributed by atoms with E-state index in [4.69, 9.17) is 11.6 Å². The summed E-state index contributed by atoms with van der Waals surface area (Å²) in [6.45, 7) is 0. The van der Waals surface area contributed by atoms with Crippen LogP contribution in [0.25, 0.3) is 11.2 Å². The summed E-state index contributed by atoms with van der Waals surface area (Å²) in [5, 5.41) is 2.96.